The molecule has 1 aromatic heterocycles. The van der Waals surface area contributed by atoms with E-state index in [9.17, 15) is 18.0 Å². The molecule has 2 N–H and O–H groups in total. The van der Waals surface area contributed by atoms with E-state index < -0.39 is 15.4 Å². The molecule has 9 heteroatoms. The second kappa shape index (κ2) is 8.39. The van der Waals surface area contributed by atoms with Crippen molar-refractivity contribution in [3.63, 3.8) is 0 Å². The van der Waals surface area contributed by atoms with Gasteiger partial charge in [-0.15, -0.1) is 11.3 Å². The van der Waals surface area contributed by atoms with Gasteiger partial charge in [0.25, 0.3) is 10.0 Å². The quantitative estimate of drug-likeness (QED) is 0.578. The average molecular weight is 448 g/mol. The SMILES string of the molecule is O=C1CCCN1CCCNC(=O)C1(c2ccc(NS(=O)(=O)c3cccs3)cc2)CC1. The number of likely N-dealkylation sites (tertiary alicyclic amines) is 1. The van der Waals surface area contributed by atoms with Crippen LogP contribution in [0.1, 0.15) is 37.7 Å². The van der Waals surface area contributed by atoms with Crippen LogP contribution >= 0.6 is 11.3 Å². The Hall–Kier alpha value is -2.39. The zero-order valence-corrected chi connectivity index (χ0v) is 18.2. The van der Waals surface area contributed by atoms with Gasteiger partial charge < -0.3 is 10.2 Å². The molecule has 0 spiro atoms. The molecule has 2 aliphatic rings. The number of amides is 2. The maximum Gasteiger partial charge on any atom is 0.271 e. The van der Waals surface area contributed by atoms with Crippen molar-refractivity contribution >= 4 is 38.9 Å². The highest BCUT2D eigenvalue weighted by atomic mass is 32.2. The first-order valence-electron chi connectivity index (χ1n) is 10.1. The number of rotatable bonds is 9. The summed E-state index contributed by atoms with van der Waals surface area (Å²) in [6, 6.07) is 10.3. The second-order valence-electron chi connectivity index (χ2n) is 7.79. The van der Waals surface area contributed by atoms with Gasteiger partial charge >= 0.3 is 0 Å². The predicted octanol–water partition coefficient (Wildman–Crippen LogP) is 2.71. The first-order valence-corrected chi connectivity index (χ1v) is 12.5. The topological polar surface area (TPSA) is 95.6 Å². The number of nitrogens with zero attached hydrogens (tertiary/aromatic N) is 1. The molecular weight excluding hydrogens is 422 g/mol. The van der Waals surface area contributed by atoms with Gasteiger partial charge in [-0.25, -0.2) is 8.42 Å². The minimum Gasteiger partial charge on any atom is -0.355 e. The van der Waals surface area contributed by atoms with E-state index >= 15 is 0 Å². The first kappa shape index (κ1) is 20.9. The van der Waals surface area contributed by atoms with Crippen molar-refractivity contribution in [1.29, 1.82) is 0 Å². The summed E-state index contributed by atoms with van der Waals surface area (Å²) >= 11 is 1.16. The van der Waals surface area contributed by atoms with Gasteiger partial charge in [0.1, 0.15) is 4.21 Å². The molecule has 1 aliphatic carbocycles. The third-order valence-electron chi connectivity index (χ3n) is 5.70. The lowest BCUT2D eigenvalue weighted by Gasteiger charge is -2.18. The molecule has 1 aliphatic heterocycles. The Labute approximate surface area is 180 Å². The predicted molar refractivity (Wildman–Crippen MR) is 116 cm³/mol. The molecule has 0 bridgehead atoms. The van der Waals surface area contributed by atoms with Gasteiger partial charge in [0, 0.05) is 31.7 Å². The fourth-order valence-electron chi connectivity index (χ4n) is 3.83. The summed E-state index contributed by atoms with van der Waals surface area (Å²) in [5.74, 6) is 0.206. The average Bonchev–Trinajstić information content (AvgIpc) is 3.13. The van der Waals surface area contributed by atoms with Gasteiger partial charge in [0.05, 0.1) is 5.41 Å². The van der Waals surface area contributed by atoms with E-state index in [-0.39, 0.29) is 16.0 Å². The fraction of sp³-hybridized carbons (Fsp3) is 0.429. The van der Waals surface area contributed by atoms with E-state index in [1.807, 2.05) is 17.0 Å². The number of carbonyl (C=O) groups excluding carboxylic acids is 2. The number of sulfonamides is 1. The fourth-order valence-corrected chi connectivity index (χ4v) is 5.88. The van der Waals surface area contributed by atoms with Crippen molar-refractivity contribution < 1.29 is 18.0 Å². The molecule has 7 nitrogen and oxygen atoms in total. The summed E-state index contributed by atoms with van der Waals surface area (Å²) < 4.78 is 27.5. The molecular formula is C21H25N3O4S2. The van der Waals surface area contributed by atoms with E-state index in [0.29, 0.717) is 25.2 Å². The van der Waals surface area contributed by atoms with Crippen LogP contribution in [0.15, 0.2) is 46.0 Å². The Kier molecular flexibility index (Phi) is 5.84. The summed E-state index contributed by atoms with van der Waals surface area (Å²) in [5.41, 5.74) is 0.849. The Bertz CT molecular complexity index is 1010. The zero-order chi connectivity index (χ0) is 21.2. The number of thiophene rings is 1. The summed E-state index contributed by atoms with van der Waals surface area (Å²) in [7, 11) is -3.58. The van der Waals surface area contributed by atoms with Crippen molar-refractivity contribution in [2.45, 2.75) is 41.7 Å². The van der Waals surface area contributed by atoms with Crippen molar-refractivity contribution in [3.8, 4) is 0 Å². The molecule has 0 atom stereocenters. The third-order valence-corrected chi connectivity index (χ3v) is 8.47. The number of benzene rings is 1. The van der Waals surface area contributed by atoms with Gasteiger partial charge in [-0.1, -0.05) is 18.2 Å². The number of hydrogen-bond donors (Lipinski definition) is 2. The van der Waals surface area contributed by atoms with Crippen LogP contribution in [-0.2, 0) is 25.0 Å². The molecule has 30 heavy (non-hydrogen) atoms. The largest absolute Gasteiger partial charge is 0.355 e. The third kappa shape index (κ3) is 4.37. The lowest BCUT2D eigenvalue weighted by Crippen LogP contribution is -2.36. The minimum absolute atomic E-state index is 0.00200. The number of nitrogens with one attached hydrogen (secondary N) is 2. The van der Waals surface area contributed by atoms with E-state index in [0.717, 1.165) is 49.1 Å². The standard InChI is InChI=1S/C21H25N3O4S2/c25-18-4-1-13-24(18)14-3-12-22-20(26)21(10-11-21)16-6-8-17(9-7-16)23-30(27,28)19-5-2-15-29-19/h2,5-9,15,23H,1,3-4,10-14H2,(H,22,26). The summed E-state index contributed by atoms with van der Waals surface area (Å²) in [4.78, 5) is 26.2. The van der Waals surface area contributed by atoms with Crippen LogP contribution in [0.25, 0.3) is 0 Å². The molecule has 2 aromatic rings. The van der Waals surface area contributed by atoms with Gasteiger partial charge in [-0.05, 0) is 54.8 Å². The molecule has 1 saturated carbocycles. The van der Waals surface area contributed by atoms with Crippen molar-refractivity contribution in [3.05, 3.63) is 47.3 Å². The number of hydrogen-bond acceptors (Lipinski definition) is 5. The van der Waals surface area contributed by atoms with Crippen LogP contribution in [0.5, 0.6) is 0 Å². The van der Waals surface area contributed by atoms with Gasteiger partial charge in [0.2, 0.25) is 11.8 Å². The van der Waals surface area contributed by atoms with E-state index in [1.165, 1.54) is 0 Å². The Morgan fingerprint density at radius 1 is 1.17 bits per heavy atom. The van der Waals surface area contributed by atoms with Crippen LogP contribution in [0.2, 0.25) is 0 Å². The van der Waals surface area contributed by atoms with Crippen molar-refractivity contribution in [2.24, 2.45) is 0 Å². The Morgan fingerprint density at radius 3 is 2.53 bits per heavy atom. The minimum atomic E-state index is -3.58. The molecule has 2 fully saturated rings. The summed E-state index contributed by atoms with van der Waals surface area (Å²) in [5, 5.41) is 4.73. The summed E-state index contributed by atoms with van der Waals surface area (Å²) in [6.45, 7) is 2.05. The van der Waals surface area contributed by atoms with Gasteiger partial charge in [0.15, 0.2) is 0 Å². The molecule has 2 heterocycles. The van der Waals surface area contributed by atoms with Crippen molar-refractivity contribution in [1.82, 2.24) is 10.2 Å². The Balaban J connectivity index is 1.32. The molecule has 1 saturated heterocycles. The van der Waals surface area contributed by atoms with Gasteiger partial charge in [-0.2, -0.15) is 0 Å². The monoisotopic (exact) mass is 447 g/mol. The normalized spacial score (nSPS) is 17.7. The molecule has 4 rings (SSSR count). The molecule has 1 aromatic carbocycles. The maximum atomic E-state index is 12.8. The van der Waals surface area contributed by atoms with Crippen LogP contribution < -0.4 is 10.0 Å². The molecule has 2 amide bonds. The molecule has 0 unspecified atom stereocenters. The van der Waals surface area contributed by atoms with Gasteiger partial charge in [-0.3, -0.25) is 14.3 Å². The highest BCUT2D eigenvalue weighted by Crippen LogP contribution is 2.48. The lowest BCUT2D eigenvalue weighted by atomic mass is 9.95. The molecule has 160 valence electrons. The first-order chi connectivity index (χ1) is 14.4. The van der Waals surface area contributed by atoms with E-state index in [4.69, 9.17) is 0 Å². The molecule has 0 radical (unpaired) electrons. The lowest BCUT2D eigenvalue weighted by molar-refractivity contribution is -0.127. The highest BCUT2D eigenvalue weighted by Gasteiger charge is 2.51. The zero-order valence-electron chi connectivity index (χ0n) is 16.6. The van der Waals surface area contributed by atoms with E-state index in [1.54, 1.807) is 29.6 Å². The van der Waals surface area contributed by atoms with E-state index in [2.05, 4.69) is 10.0 Å². The van der Waals surface area contributed by atoms with Crippen LogP contribution in [0.4, 0.5) is 5.69 Å². The maximum absolute atomic E-state index is 12.8. The smallest absolute Gasteiger partial charge is 0.271 e. The Morgan fingerprint density at radius 2 is 1.93 bits per heavy atom. The number of anilines is 1. The van der Waals surface area contributed by atoms with Crippen molar-refractivity contribution in [2.75, 3.05) is 24.4 Å². The number of carbonyl (C=O) groups is 2. The van der Waals surface area contributed by atoms with Crippen LogP contribution in [-0.4, -0.2) is 44.8 Å². The van der Waals surface area contributed by atoms with Crippen LogP contribution in [0.3, 0.4) is 0 Å². The highest BCUT2D eigenvalue weighted by molar-refractivity contribution is 7.94. The van der Waals surface area contributed by atoms with Crippen LogP contribution in [0, 0.1) is 0 Å². The second-order valence-corrected chi connectivity index (χ2v) is 10.6. The summed E-state index contributed by atoms with van der Waals surface area (Å²) in [6.07, 6.45) is 3.87.